The Morgan fingerprint density at radius 2 is 2.10 bits per heavy atom. The molecule has 0 heterocycles. The summed E-state index contributed by atoms with van der Waals surface area (Å²) < 4.78 is 19.2. The van der Waals surface area contributed by atoms with E-state index in [-0.39, 0.29) is 5.56 Å². The second-order valence-electron chi connectivity index (χ2n) is 4.63. The number of hydrogen-bond acceptors (Lipinski definition) is 3. The molecule has 0 bridgehead atoms. The summed E-state index contributed by atoms with van der Waals surface area (Å²) in [4.78, 5) is 12.2. The van der Waals surface area contributed by atoms with Gasteiger partial charge in [0.1, 0.15) is 11.6 Å². The maximum Gasteiger partial charge on any atom is 0.258 e. The monoisotopic (exact) mass is 288 g/mol. The zero-order valence-corrected chi connectivity index (χ0v) is 11.9. The fourth-order valence-electron chi connectivity index (χ4n) is 1.98. The summed E-state index contributed by atoms with van der Waals surface area (Å²) in [6.45, 7) is 1.99. The van der Waals surface area contributed by atoms with Crippen LogP contribution in [0.15, 0.2) is 36.4 Å². The lowest BCUT2D eigenvalue weighted by atomic mass is 10.1. The number of aryl methyl sites for hydroxylation is 1. The van der Waals surface area contributed by atoms with Crippen molar-refractivity contribution in [3.63, 3.8) is 0 Å². The van der Waals surface area contributed by atoms with Gasteiger partial charge in [-0.3, -0.25) is 4.79 Å². The lowest BCUT2D eigenvalue weighted by Crippen LogP contribution is -2.15. The van der Waals surface area contributed by atoms with Gasteiger partial charge in [-0.05, 0) is 36.2 Å². The molecule has 0 fully saturated rings. The van der Waals surface area contributed by atoms with Crippen molar-refractivity contribution in [1.29, 1.82) is 0 Å². The highest BCUT2D eigenvalue weighted by Crippen LogP contribution is 2.26. The fourth-order valence-corrected chi connectivity index (χ4v) is 1.98. The molecule has 2 rings (SSSR count). The summed E-state index contributed by atoms with van der Waals surface area (Å²) >= 11 is 0. The molecule has 4 nitrogen and oxygen atoms in total. The predicted molar refractivity (Wildman–Crippen MR) is 80.0 cm³/mol. The fraction of sp³-hybridized carbons (Fsp3) is 0.188. The molecule has 0 saturated heterocycles. The summed E-state index contributed by atoms with van der Waals surface area (Å²) in [5.41, 5.74) is 7.34. The van der Waals surface area contributed by atoms with Crippen LogP contribution < -0.4 is 15.8 Å². The second-order valence-corrected chi connectivity index (χ2v) is 4.63. The summed E-state index contributed by atoms with van der Waals surface area (Å²) in [5, 5.41) is 2.65. The number of rotatable bonds is 4. The number of methoxy groups -OCH3 is 1. The van der Waals surface area contributed by atoms with Gasteiger partial charge in [-0.15, -0.1) is 0 Å². The van der Waals surface area contributed by atoms with Crippen LogP contribution in [0, 0.1) is 12.7 Å². The minimum Gasteiger partial charge on any atom is -0.495 e. The van der Waals surface area contributed by atoms with E-state index in [0.717, 1.165) is 5.56 Å². The van der Waals surface area contributed by atoms with E-state index in [0.29, 0.717) is 23.5 Å². The molecule has 0 aliphatic rings. The first-order valence-corrected chi connectivity index (χ1v) is 6.50. The van der Waals surface area contributed by atoms with Crippen molar-refractivity contribution in [2.24, 2.45) is 5.73 Å². The molecule has 0 aliphatic heterocycles. The molecule has 5 heteroatoms. The van der Waals surface area contributed by atoms with E-state index in [1.54, 1.807) is 37.3 Å². The van der Waals surface area contributed by atoms with Crippen LogP contribution in [0.4, 0.5) is 10.1 Å². The first kappa shape index (κ1) is 15.0. The normalized spacial score (nSPS) is 10.3. The average molecular weight is 288 g/mol. The van der Waals surface area contributed by atoms with Gasteiger partial charge in [0.05, 0.1) is 18.4 Å². The van der Waals surface area contributed by atoms with Gasteiger partial charge in [0.2, 0.25) is 0 Å². The highest BCUT2D eigenvalue weighted by Gasteiger charge is 2.15. The molecule has 0 spiro atoms. The predicted octanol–water partition coefficient (Wildman–Crippen LogP) is 2.85. The summed E-state index contributed by atoms with van der Waals surface area (Å²) in [6, 6.07) is 9.91. The van der Waals surface area contributed by atoms with Crippen molar-refractivity contribution < 1.29 is 13.9 Å². The minimum atomic E-state index is -0.521. The van der Waals surface area contributed by atoms with Crippen LogP contribution in [-0.2, 0) is 6.54 Å². The van der Waals surface area contributed by atoms with Gasteiger partial charge in [-0.2, -0.15) is 0 Å². The smallest absolute Gasteiger partial charge is 0.258 e. The Kier molecular flexibility index (Phi) is 4.55. The third-order valence-electron chi connectivity index (χ3n) is 3.19. The zero-order chi connectivity index (χ0) is 15.4. The van der Waals surface area contributed by atoms with E-state index in [2.05, 4.69) is 5.32 Å². The largest absolute Gasteiger partial charge is 0.495 e. The van der Waals surface area contributed by atoms with E-state index in [4.69, 9.17) is 10.5 Å². The first-order valence-electron chi connectivity index (χ1n) is 6.50. The summed E-state index contributed by atoms with van der Waals surface area (Å²) in [6.07, 6.45) is 0. The molecule has 21 heavy (non-hydrogen) atoms. The zero-order valence-electron chi connectivity index (χ0n) is 11.9. The van der Waals surface area contributed by atoms with E-state index >= 15 is 0 Å². The molecule has 0 unspecified atom stereocenters. The highest BCUT2D eigenvalue weighted by atomic mass is 19.1. The first-order chi connectivity index (χ1) is 10.1. The Labute approximate surface area is 122 Å². The van der Waals surface area contributed by atoms with Gasteiger partial charge < -0.3 is 15.8 Å². The molecule has 0 atom stereocenters. The van der Waals surface area contributed by atoms with Crippen LogP contribution in [0.1, 0.15) is 21.5 Å². The number of carbonyl (C=O) groups is 1. The molecule has 0 saturated carbocycles. The lowest BCUT2D eigenvalue weighted by Gasteiger charge is -2.12. The Balaban J connectivity index is 2.29. The van der Waals surface area contributed by atoms with E-state index in [1.165, 1.54) is 13.2 Å². The number of nitrogens with one attached hydrogen (secondary N) is 1. The third kappa shape index (κ3) is 3.20. The Hall–Kier alpha value is -2.40. The summed E-state index contributed by atoms with van der Waals surface area (Å²) in [7, 11) is 1.50. The number of benzene rings is 2. The number of amides is 1. The quantitative estimate of drug-likeness (QED) is 0.909. The number of hydrogen-bond donors (Lipinski definition) is 2. The van der Waals surface area contributed by atoms with Crippen molar-refractivity contribution >= 4 is 11.6 Å². The Bertz CT molecular complexity index is 671. The van der Waals surface area contributed by atoms with E-state index < -0.39 is 11.7 Å². The van der Waals surface area contributed by atoms with Crippen LogP contribution in [0.25, 0.3) is 0 Å². The topological polar surface area (TPSA) is 64.3 Å². The van der Waals surface area contributed by atoms with E-state index in [1.807, 2.05) is 0 Å². The van der Waals surface area contributed by atoms with Crippen LogP contribution in [0.3, 0.4) is 0 Å². The molecule has 110 valence electrons. The van der Waals surface area contributed by atoms with E-state index in [9.17, 15) is 9.18 Å². The number of anilines is 1. The molecule has 0 aliphatic carbocycles. The van der Waals surface area contributed by atoms with Gasteiger partial charge in [0, 0.05) is 6.54 Å². The number of halogens is 1. The molecule has 1 amide bonds. The standard InChI is InChI=1S/C16H17FN2O2/c1-10-4-3-5-12(15(10)17)16(20)19-13-7-6-11(9-18)8-14(13)21-2/h3-8H,9,18H2,1-2H3,(H,19,20). The Morgan fingerprint density at radius 1 is 1.33 bits per heavy atom. The molecule has 2 aromatic carbocycles. The van der Waals surface area contributed by atoms with Crippen molar-refractivity contribution in [2.45, 2.75) is 13.5 Å². The number of carbonyl (C=O) groups excluding carboxylic acids is 1. The molecule has 0 aromatic heterocycles. The van der Waals surface area contributed by atoms with Gasteiger partial charge >= 0.3 is 0 Å². The maximum atomic E-state index is 13.9. The number of ether oxygens (including phenoxy) is 1. The van der Waals surface area contributed by atoms with Crippen molar-refractivity contribution in [2.75, 3.05) is 12.4 Å². The molecule has 2 aromatic rings. The van der Waals surface area contributed by atoms with Gasteiger partial charge in [0.25, 0.3) is 5.91 Å². The molecular weight excluding hydrogens is 271 g/mol. The average Bonchev–Trinajstić information content (AvgIpc) is 2.50. The van der Waals surface area contributed by atoms with Gasteiger partial charge in [0.15, 0.2) is 0 Å². The third-order valence-corrected chi connectivity index (χ3v) is 3.19. The second kappa shape index (κ2) is 6.37. The van der Waals surface area contributed by atoms with Crippen molar-refractivity contribution in [3.05, 3.63) is 58.9 Å². The maximum absolute atomic E-state index is 13.9. The van der Waals surface area contributed by atoms with Crippen LogP contribution in [0.2, 0.25) is 0 Å². The van der Waals surface area contributed by atoms with Gasteiger partial charge in [-0.25, -0.2) is 4.39 Å². The van der Waals surface area contributed by atoms with Crippen LogP contribution >= 0.6 is 0 Å². The SMILES string of the molecule is COc1cc(CN)ccc1NC(=O)c1cccc(C)c1F. The van der Waals surface area contributed by atoms with Crippen molar-refractivity contribution in [3.8, 4) is 5.75 Å². The number of nitrogens with two attached hydrogens (primary N) is 1. The van der Waals surface area contributed by atoms with Crippen LogP contribution in [0.5, 0.6) is 5.75 Å². The molecule has 3 N–H and O–H groups in total. The van der Waals surface area contributed by atoms with Crippen molar-refractivity contribution in [1.82, 2.24) is 0 Å². The minimum absolute atomic E-state index is 0.0000422. The molecular formula is C16H17FN2O2. The lowest BCUT2D eigenvalue weighted by molar-refractivity contribution is 0.102. The Morgan fingerprint density at radius 3 is 2.76 bits per heavy atom. The van der Waals surface area contributed by atoms with Gasteiger partial charge in [-0.1, -0.05) is 18.2 Å². The summed E-state index contributed by atoms with van der Waals surface area (Å²) in [5.74, 6) is -0.554. The highest BCUT2D eigenvalue weighted by molar-refractivity contribution is 6.05. The molecule has 0 radical (unpaired) electrons. The van der Waals surface area contributed by atoms with Crippen LogP contribution in [-0.4, -0.2) is 13.0 Å².